The molecule has 17 heteroatoms. The molecule has 6 aromatic rings. The Balaban J connectivity index is 0.000000194. The summed E-state index contributed by atoms with van der Waals surface area (Å²) in [6.45, 7) is 0. The number of aromatic amines is 2. The zero-order valence-electron chi connectivity index (χ0n) is 28.6. The van der Waals surface area contributed by atoms with Crippen LogP contribution in [0.3, 0.4) is 0 Å². The number of benzene rings is 3. The van der Waals surface area contributed by atoms with Gasteiger partial charge in [-0.1, -0.05) is 11.6 Å². The number of hydrogen-bond acceptors (Lipinski definition) is 9. The summed E-state index contributed by atoms with van der Waals surface area (Å²) in [5.74, 6) is 2.31. The Labute approximate surface area is 322 Å². The molecule has 0 aliphatic carbocycles. The van der Waals surface area contributed by atoms with E-state index in [9.17, 15) is 14.2 Å². The topological polar surface area (TPSA) is 130 Å². The maximum Gasteiger partial charge on any atom is 0.339 e. The van der Waals surface area contributed by atoms with Gasteiger partial charge in [-0.05, 0) is 104 Å². The molecule has 0 radical (unpaired) electrons. The molecule has 0 aliphatic rings. The summed E-state index contributed by atoms with van der Waals surface area (Å²) in [5.41, 5.74) is 1.82. The SMILES string of the molecule is COc1ccc2c(=O)[nH]cc(Br)c2c1.COc1ccc2c(=O)[nH]cc(N(C)C)c2c1.COc1ccc2c(Cl)ncc(N(C)C)c2c1.O=P(Cl)(Cl)Cl. The van der Waals surface area contributed by atoms with Crippen molar-refractivity contribution in [3.05, 3.63) is 104 Å². The molecule has 11 nitrogen and oxygen atoms in total. The molecule has 0 aliphatic heterocycles. The van der Waals surface area contributed by atoms with Gasteiger partial charge in [0.2, 0.25) is 0 Å². The number of H-pyrrole nitrogens is 2. The number of fused-ring (bicyclic) bond motifs is 3. The van der Waals surface area contributed by atoms with Crippen molar-refractivity contribution in [1.29, 1.82) is 0 Å². The Morgan fingerprint density at radius 1 is 0.647 bits per heavy atom. The summed E-state index contributed by atoms with van der Waals surface area (Å²) >= 11 is 23.3. The van der Waals surface area contributed by atoms with Gasteiger partial charge in [0.25, 0.3) is 11.1 Å². The second-order valence-electron chi connectivity index (χ2n) is 10.8. The standard InChI is InChI=1S/C12H13ClN2O.C12H14N2O2.C10H8BrNO2.Cl3OP/c1-15(2)11-7-14-12(13)9-5-4-8(16-3)6-10(9)11;1-14(2)11-7-13-12(15)9-5-4-8(16-3)6-10(9)11;1-14-6-2-3-7-8(4-6)9(11)5-12-10(7)13;1-5(2,3)4/h4-7H,1-3H3;4-7H,1-3H3,(H,13,15);2-5H,1H3,(H,12,13);. The summed E-state index contributed by atoms with van der Waals surface area (Å²) < 4.78 is 25.8. The number of rotatable bonds is 5. The number of aromatic nitrogens is 3. The van der Waals surface area contributed by atoms with Crippen LogP contribution in [-0.4, -0.2) is 64.5 Å². The first-order valence-corrected chi connectivity index (χ1v) is 20.3. The lowest BCUT2D eigenvalue weighted by Crippen LogP contribution is -2.14. The number of pyridine rings is 3. The van der Waals surface area contributed by atoms with Gasteiger partial charge in [0.15, 0.2) is 0 Å². The van der Waals surface area contributed by atoms with Crippen LogP contribution < -0.4 is 35.1 Å². The Bertz CT molecular complexity index is 2290. The highest BCUT2D eigenvalue weighted by atomic mass is 79.9. The number of nitrogens with zero attached hydrogens (tertiary/aromatic N) is 3. The average molecular weight is 862 g/mol. The number of nitrogens with one attached hydrogen (secondary N) is 2. The average Bonchev–Trinajstić information content (AvgIpc) is 3.09. The maximum absolute atomic E-state index is 11.6. The van der Waals surface area contributed by atoms with Crippen LogP contribution in [0.15, 0.2) is 87.2 Å². The Morgan fingerprint density at radius 3 is 1.49 bits per heavy atom. The van der Waals surface area contributed by atoms with Crippen LogP contribution in [0.4, 0.5) is 11.4 Å². The predicted molar refractivity (Wildman–Crippen MR) is 217 cm³/mol. The molecule has 272 valence electrons. The van der Waals surface area contributed by atoms with E-state index in [4.69, 9.17) is 25.8 Å². The minimum atomic E-state index is -3.22. The third-order valence-electron chi connectivity index (χ3n) is 7.13. The third kappa shape index (κ3) is 11.7. The molecular weight excluding hydrogens is 827 g/mol. The van der Waals surface area contributed by atoms with Crippen LogP contribution in [0, 0.1) is 0 Å². The first-order valence-electron chi connectivity index (χ1n) is 14.7. The molecule has 3 aromatic carbocycles. The van der Waals surface area contributed by atoms with Crippen molar-refractivity contribution in [2.45, 2.75) is 0 Å². The van der Waals surface area contributed by atoms with E-state index < -0.39 is 5.20 Å². The summed E-state index contributed by atoms with van der Waals surface area (Å²) in [7, 11) is 12.7. The van der Waals surface area contributed by atoms with Gasteiger partial charge >= 0.3 is 5.20 Å². The van der Waals surface area contributed by atoms with E-state index in [1.807, 2.05) is 68.3 Å². The molecule has 0 saturated heterocycles. The molecule has 0 saturated carbocycles. The van der Waals surface area contributed by atoms with Crippen LogP contribution in [0.25, 0.3) is 32.3 Å². The Kier molecular flexibility index (Phi) is 15.3. The van der Waals surface area contributed by atoms with Gasteiger partial charge < -0.3 is 34.0 Å². The molecule has 0 unspecified atom stereocenters. The first-order chi connectivity index (χ1) is 24.0. The van der Waals surface area contributed by atoms with Crippen LogP contribution in [0.5, 0.6) is 17.2 Å². The van der Waals surface area contributed by atoms with E-state index in [1.165, 1.54) is 0 Å². The quantitative estimate of drug-likeness (QED) is 0.129. The second-order valence-corrected chi connectivity index (χ2v) is 18.7. The van der Waals surface area contributed by atoms with Crippen molar-refractivity contribution in [1.82, 2.24) is 15.0 Å². The normalized spacial score (nSPS) is 10.6. The number of methoxy groups -OCH3 is 3. The summed E-state index contributed by atoms with van der Waals surface area (Å²) in [6, 6.07) is 16.6. The van der Waals surface area contributed by atoms with Gasteiger partial charge in [0, 0.05) is 77.4 Å². The zero-order chi connectivity index (χ0) is 38.0. The summed E-state index contributed by atoms with van der Waals surface area (Å²) in [6.07, 6.45) is 5.11. The molecule has 3 heterocycles. The Hall–Kier alpha value is -3.64. The fourth-order valence-corrected chi connectivity index (χ4v) is 5.36. The molecule has 0 amide bonds. The predicted octanol–water partition coefficient (Wildman–Crippen LogP) is 9.68. The van der Waals surface area contributed by atoms with Crippen molar-refractivity contribution >= 4 is 110 Å². The van der Waals surface area contributed by atoms with Crippen LogP contribution in [0.1, 0.15) is 0 Å². The van der Waals surface area contributed by atoms with E-state index in [-0.39, 0.29) is 11.1 Å². The van der Waals surface area contributed by atoms with Crippen LogP contribution in [-0.2, 0) is 4.57 Å². The third-order valence-corrected chi connectivity index (χ3v) is 8.09. The first kappa shape index (κ1) is 41.8. The maximum atomic E-state index is 11.6. The smallest absolute Gasteiger partial charge is 0.339 e. The van der Waals surface area contributed by atoms with Gasteiger partial charge in [-0.2, -0.15) is 0 Å². The van der Waals surface area contributed by atoms with Crippen LogP contribution >= 0.6 is 66.5 Å². The zero-order valence-corrected chi connectivity index (χ0v) is 34.1. The second kappa shape index (κ2) is 18.7. The molecule has 0 spiro atoms. The molecule has 0 fully saturated rings. The highest BCUT2D eigenvalue weighted by Gasteiger charge is 2.10. The van der Waals surface area contributed by atoms with Crippen molar-refractivity contribution < 1.29 is 18.8 Å². The minimum absolute atomic E-state index is 0.0803. The van der Waals surface area contributed by atoms with Gasteiger partial charge in [-0.25, -0.2) is 4.98 Å². The molecule has 51 heavy (non-hydrogen) atoms. The van der Waals surface area contributed by atoms with E-state index >= 15 is 0 Å². The lowest BCUT2D eigenvalue weighted by molar-refractivity contribution is 0.415. The molecule has 0 atom stereocenters. The van der Waals surface area contributed by atoms with E-state index in [0.717, 1.165) is 54.6 Å². The van der Waals surface area contributed by atoms with Crippen molar-refractivity contribution in [2.75, 3.05) is 59.3 Å². The minimum Gasteiger partial charge on any atom is -0.497 e. The lowest BCUT2D eigenvalue weighted by atomic mass is 10.1. The lowest BCUT2D eigenvalue weighted by Gasteiger charge is -2.15. The van der Waals surface area contributed by atoms with Crippen molar-refractivity contribution in [3.8, 4) is 17.2 Å². The highest BCUT2D eigenvalue weighted by Crippen LogP contribution is 2.61. The number of hydrogen-bond donors (Lipinski definition) is 2. The number of ether oxygens (including phenoxy) is 3. The molecule has 2 N–H and O–H groups in total. The summed E-state index contributed by atoms with van der Waals surface area (Å²) in [5, 5.41) is 2.36. The molecule has 3 aromatic heterocycles. The van der Waals surface area contributed by atoms with E-state index in [1.54, 1.807) is 64.2 Å². The Morgan fingerprint density at radius 2 is 1.04 bits per heavy atom. The summed E-state index contributed by atoms with van der Waals surface area (Å²) in [4.78, 5) is 36.5. The fraction of sp³-hybridized carbons (Fsp3) is 0.206. The molecule has 0 bridgehead atoms. The highest BCUT2D eigenvalue weighted by molar-refractivity contribution is 9.10. The monoisotopic (exact) mass is 859 g/mol. The van der Waals surface area contributed by atoms with Crippen molar-refractivity contribution in [2.24, 2.45) is 0 Å². The van der Waals surface area contributed by atoms with Gasteiger partial charge in [0.1, 0.15) is 22.4 Å². The van der Waals surface area contributed by atoms with Gasteiger partial charge in [-0.3, -0.25) is 14.2 Å². The van der Waals surface area contributed by atoms with Gasteiger partial charge in [0.05, 0.1) is 38.9 Å². The van der Waals surface area contributed by atoms with E-state index in [2.05, 4.69) is 64.6 Å². The molecular formula is C34H35BrCl4N5O6P. The van der Waals surface area contributed by atoms with Crippen LogP contribution in [0.2, 0.25) is 5.15 Å². The molecule has 6 rings (SSSR count). The van der Waals surface area contributed by atoms with E-state index in [0.29, 0.717) is 15.9 Å². The van der Waals surface area contributed by atoms with Crippen molar-refractivity contribution in [3.63, 3.8) is 0 Å². The van der Waals surface area contributed by atoms with Gasteiger partial charge in [-0.15, -0.1) is 0 Å². The fourth-order valence-electron chi connectivity index (χ4n) is 4.71. The number of anilines is 2. The number of halogens is 5. The largest absolute Gasteiger partial charge is 0.497 e.